The van der Waals surface area contributed by atoms with Crippen molar-refractivity contribution in [1.82, 2.24) is 0 Å². The molecule has 1 atom stereocenters. The highest BCUT2D eigenvalue weighted by Crippen LogP contribution is 2.29. The molecule has 3 nitrogen and oxygen atoms in total. The molecule has 94 valence electrons. The molecule has 0 bridgehead atoms. The average molecular weight is 255 g/mol. The van der Waals surface area contributed by atoms with Crippen molar-refractivity contribution in [3.63, 3.8) is 0 Å². The summed E-state index contributed by atoms with van der Waals surface area (Å²) in [6.45, 7) is 3.76. The fourth-order valence-corrected chi connectivity index (χ4v) is 2.58. The minimum absolute atomic E-state index is 0.0309. The van der Waals surface area contributed by atoms with Crippen LogP contribution < -0.4 is 10.6 Å². The summed E-state index contributed by atoms with van der Waals surface area (Å²) in [6, 6.07) is 5.88. The highest BCUT2D eigenvalue weighted by atomic mass is 35.5. The number of piperidine rings is 1. The van der Waals surface area contributed by atoms with Gasteiger partial charge >= 0.3 is 0 Å². The normalized spacial score (nSPS) is 25.1. The van der Waals surface area contributed by atoms with Crippen molar-refractivity contribution >= 4 is 17.3 Å². The van der Waals surface area contributed by atoms with Crippen LogP contribution in [0, 0.1) is 6.92 Å². The molecule has 1 aliphatic heterocycles. The fourth-order valence-electron chi connectivity index (χ4n) is 2.42. The van der Waals surface area contributed by atoms with E-state index in [2.05, 4.69) is 11.8 Å². The second-order valence-electron chi connectivity index (χ2n) is 4.98. The van der Waals surface area contributed by atoms with Crippen LogP contribution in [0.25, 0.3) is 0 Å². The minimum atomic E-state index is -0.479. The molecule has 0 aliphatic carbocycles. The lowest BCUT2D eigenvalue weighted by atomic mass is 9.90. The van der Waals surface area contributed by atoms with Crippen LogP contribution in [0.3, 0.4) is 0 Å². The van der Waals surface area contributed by atoms with Crippen LogP contribution in [0.1, 0.15) is 18.4 Å². The van der Waals surface area contributed by atoms with Crippen molar-refractivity contribution in [2.24, 2.45) is 5.73 Å². The molecule has 0 radical (unpaired) electrons. The molecule has 1 heterocycles. The lowest BCUT2D eigenvalue weighted by molar-refractivity contribution is 0.177. The van der Waals surface area contributed by atoms with E-state index in [9.17, 15) is 5.11 Å². The first-order valence-corrected chi connectivity index (χ1v) is 6.33. The van der Waals surface area contributed by atoms with Gasteiger partial charge < -0.3 is 15.7 Å². The summed E-state index contributed by atoms with van der Waals surface area (Å²) < 4.78 is 0. The maximum absolute atomic E-state index is 9.36. The fraction of sp³-hybridized carbons (Fsp3) is 0.538. The van der Waals surface area contributed by atoms with Gasteiger partial charge in [-0.2, -0.15) is 0 Å². The molecule has 17 heavy (non-hydrogen) atoms. The Hall–Kier alpha value is -0.770. The number of benzene rings is 1. The van der Waals surface area contributed by atoms with Crippen molar-refractivity contribution in [1.29, 1.82) is 0 Å². The number of rotatable bonds is 2. The third-order valence-corrected chi connectivity index (χ3v) is 3.67. The molecule has 4 heteroatoms. The summed E-state index contributed by atoms with van der Waals surface area (Å²) >= 11 is 6.03. The molecule has 1 unspecified atom stereocenters. The molecule has 0 aromatic heterocycles. The maximum atomic E-state index is 9.36. The average Bonchev–Trinajstić information content (AvgIpc) is 2.32. The van der Waals surface area contributed by atoms with Crippen molar-refractivity contribution < 1.29 is 5.11 Å². The van der Waals surface area contributed by atoms with Crippen molar-refractivity contribution in [3.8, 4) is 0 Å². The Bertz CT molecular complexity index is 410. The van der Waals surface area contributed by atoms with E-state index in [0.29, 0.717) is 6.54 Å². The number of hydrogen-bond donors (Lipinski definition) is 2. The maximum Gasteiger partial charge on any atom is 0.0628 e. The molecule has 1 aromatic carbocycles. The number of hydrogen-bond acceptors (Lipinski definition) is 3. The number of nitrogens with two attached hydrogens (primary N) is 1. The van der Waals surface area contributed by atoms with E-state index in [1.54, 1.807) is 0 Å². The summed E-state index contributed by atoms with van der Waals surface area (Å²) in [4.78, 5) is 2.22. The zero-order chi connectivity index (χ0) is 12.5. The Kier molecular flexibility index (Phi) is 3.61. The summed E-state index contributed by atoms with van der Waals surface area (Å²) in [7, 11) is 0. The standard InChI is InChI=1S/C13H19ClN2O/c1-10-3-4-11(14)7-12(10)16-6-2-5-13(15,8-16)9-17/h3-4,7,17H,2,5-6,8-9,15H2,1H3. The van der Waals surface area contributed by atoms with E-state index in [1.807, 2.05) is 18.2 Å². The molecule has 1 aliphatic rings. The Balaban J connectivity index is 2.24. The number of aliphatic hydroxyl groups excluding tert-OH is 1. The Morgan fingerprint density at radius 2 is 2.29 bits per heavy atom. The quantitative estimate of drug-likeness (QED) is 0.848. The first-order valence-electron chi connectivity index (χ1n) is 5.95. The second-order valence-corrected chi connectivity index (χ2v) is 5.41. The SMILES string of the molecule is Cc1ccc(Cl)cc1N1CCCC(N)(CO)C1. The van der Waals surface area contributed by atoms with Gasteiger partial charge in [0, 0.05) is 23.8 Å². The third-order valence-electron chi connectivity index (χ3n) is 3.44. The van der Waals surface area contributed by atoms with Gasteiger partial charge in [-0.25, -0.2) is 0 Å². The van der Waals surface area contributed by atoms with E-state index in [-0.39, 0.29) is 6.61 Å². The zero-order valence-electron chi connectivity index (χ0n) is 10.1. The number of aryl methyl sites for hydroxylation is 1. The molecule has 0 spiro atoms. The second kappa shape index (κ2) is 4.84. The van der Waals surface area contributed by atoms with Gasteiger partial charge in [0.25, 0.3) is 0 Å². The molecule has 0 amide bonds. The van der Waals surface area contributed by atoms with Crippen molar-refractivity contribution in [3.05, 3.63) is 28.8 Å². The summed E-state index contributed by atoms with van der Waals surface area (Å²) in [6.07, 6.45) is 1.88. The van der Waals surface area contributed by atoms with Gasteiger partial charge in [-0.1, -0.05) is 17.7 Å². The number of anilines is 1. The van der Waals surface area contributed by atoms with E-state index >= 15 is 0 Å². The van der Waals surface area contributed by atoms with Crippen LogP contribution in [-0.4, -0.2) is 30.3 Å². The highest BCUT2D eigenvalue weighted by molar-refractivity contribution is 6.30. The zero-order valence-corrected chi connectivity index (χ0v) is 10.9. The molecular formula is C13H19ClN2O. The van der Waals surface area contributed by atoms with Crippen LogP contribution in [0.4, 0.5) is 5.69 Å². The topological polar surface area (TPSA) is 49.5 Å². The van der Waals surface area contributed by atoms with Gasteiger partial charge in [-0.3, -0.25) is 0 Å². The smallest absolute Gasteiger partial charge is 0.0628 e. The van der Waals surface area contributed by atoms with Crippen LogP contribution in [0.5, 0.6) is 0 Å². The molecule has 1 saturated heterocycles. The van der Waals surface area contributed by atoms with Crippen LogP contribution in [-0.2, 0) is 0 Å². The minimum Gasteiger partial charge on any atom is -0.394 e. The predicted molar refractivity (Wildman–Crippen MR) is 71.6 cm³/mol. The molecule has 0 saturated carbocycles. The van der Waals surface area contributed by atoms with Gasteiger partial charge in [0.05, 0.1) is 12.1 Å². The summed E-state index contributed by atoms with van der Waals surface area (Å²) in [5, 5.41) is 10.1. The Morgan fingerprint density at radius 3 is 3.00 bits per heavy atom. The van der Waals surface area contributed by atoms with Crippen molar-refractivity contribution in [2.45, 2.75) is 25.3 Å². The lowest BCUT2D eigenvalue weighted by Gasteiger charge is -2.41. The van der Waals surface area contributed by atoms with Gasteiger partial charge in [0.2, 0.25) is 0 Å². The van der Waals surface area contributed by atoms with Gasteiger partial charge in [0.15, 0.2) is 0 Å². The van der Waals surface area contributed by atoms with E-state index in [0.717, 1.165) is 30.1 Å². The van der Waals surface area contributed by atoms with Crippen LogP contribution in [0.15, 0.2) is 18.2 Å². The molecule has 3 N–H and O–H groups in total. The summed E-state index contributed by atoms with van der Waals surface area (Å²) in [5.74, 6) is 0. The molecule has 1 fully saturated rings. The van der Waals surface area contributed by atoms with Gasteiger partial charge in [0.1, 0.15) is 0 Å². The molecule has 1 aromatic rings. The molecular weight excluding hydrogens is 236 g/mol. The Morgan fingerprint density at radius 1 is 1.53 bits per heavy atom. The number of halogens is 1. The molecule has 2 rings (SSSR count). The Labute approximate surface area is 107 Å². The first-order chi connectivity index (χ1) is 8.04. The van der Waals surface area contributed by atoms with E-state index in [1.165, 1.54) is 5.56 Å². The monoisotopic (exact) mass is 254 g/mol. The predicted octanol–water partition coefficient (Wildman–Crippen LogP) is 1.94. The van der Waals surface area contributed by atoms with Gasteiger partial charge in [-0.15, -0.1) is 0 Å². The lowest BCUT2D eigenvalue weighted by Crippen LogP contribution is -2.56. The van der Waals surface area contributed by atoms with Crippen LogP contribution in [0.2, 0.25) is 5.02 Å². The number of aliphatic hydroxyl groups is 1. The van der Waals surface area contributed by atoms with Crippen molar-refractivity contribution in [2.75, 3.05) is 24.6 Å². The van der Waals surface area contributed by atoms with E-state index in [4.69, 9.17) is 17.3 Å². The number of nitrogens with zero attached hydrogens (tertiary/aromatic N) is 1. The van der Waals surface area contributed by atoms with E-state index < -0.39 is 5.54 Å². The highest BCUT2D eigenvalue weighted by Gasteiger charge is 2.31. The van der Waals surface area contributed by atoms with Crippen LogP contribution >= 0.6 is 11.6 Å². The third kappa shape index (κ3) is 2.73. The first kappa shape index (κ1) is 12.7. The summed E-state index contributed by atoms with van der Waals surface area (Å²) in [5.41, 5.74) is 7.99. The van der Waals surface area contributed by atoms with Gasteiger partial charge in [-0.05, 0) is 37.5 Å². The largest absolute Gasteiger partial charge is 0.394 e.